The number of nitrogens with one attached hydrogen (secondary N) is 1. The van der Waals surface area contributed by atoms with E-state index in [1.807, 2.05) is 54.6 Å². The van der Waals surface area contributed by atoms with E-state index >= 15 is 0 Å². The quantitative estimate of drug-likeness (QED) is 0.368. The Hall–Kier alpha value is -3.02. The van der Waals surface area contributed by atoms with Crippen LogP contribution in [0, 0.1) is 0 Å². The molecule has 3 aromatic carbocycles. The summed E-state index contributed by atoms with van der Waals surface area (Å²) in [6.07, 6.45) is 0.343. The lowest BCUT2D eigenvalue weighted by Crippen LogP contribution is -2.51. The lowest BCUT2D eigenvalue weighted by atomic mass is 9.86. The number of halogens is 2. The van der Waals surface area contributed by atoms with Crippen LogP contribution in [0.1, 0.15) is 37.5 Å². The minimum absolute atomic E-state index is 0.129. The first-order chi connectivity index (χ1) is 17.1. The molecule has 0 radical (unpaired) electrons. The second-order valence-corrected chi connectivity index (χ2v) is 10.5. The lowest BCUT2D eigenvalue weighted by Gasteiger charge is -2.31. The molecule has 0 aliphatic rings. The fraction of sp³-hybridized carbons (Fsp3) is 0.310. The molecule has 190 valence electrons. The third-order valence-corrected chi connectivity index (χ3v) is 6.51. The van der Waals surface area contributed by atoms with E-state index in [1.54, 1.807) is 25.2 Å². The van der Waals surface area contributed by atoms with E-state index in [2.05, 4.69) is 26.1 Å². The van der Waals surface area contributed by atoms with E-state index in [9.17, 15) is 9.59 Å². The zero-order valence-corrected chi connectivity index (χ0v) is 22.6. The molecule has 5 nitrogen and oxygen atoms in total. The highest BCUT2D eigenvalue weighted by atomic mass is 35.5. The molecule has 3 aromatic rings. The van der Waals surface area contributed by atoms with Crippen LogP contribution in [-0.4, -0.2) is 36.4 Å². The van der Waals surface area contributed by atoms with Gasteiger partial charge in [0.2, 0.25) is 5.91 Å². The van der Waals surface area contributed by atoms with Gasteiger partial charge in [0.1, 0.15) is 11.8 Å². The minimum Gasteiger partial charge on any atom is -0.483 e. The van der Waals surface area contributed by atoms with E-state index in [0.29, 0.717) is 27.8 Å². The molecule has 0 saturated heterocycles. The summed E-state index contributed by atoms with van der Waals surface area (Å²) in [6.45, 7) is 6.18. The van der Waals surface area contributed by atoms with Gasteiger partial charge in [0.25, 0.3) is 5.91 Å². The zero-order chi connectivity index (χ0) is 26.3. The van der Waals surface area contributed by atoms with Gasteiger partial charge >= 0.3 is 0 Å². The molecule has 0 aromatic heterocycles. The third-order valence-electron chi connectivity index (χ3n) is 5.92. The molecule has 0 heterocycles. The van der Waals surface area contributed by atoms with Gasteiger partial charge in [0.05, 0.1) is 0 Å². The number of hydrogen-bond acceptors (Lipinski definition) is 3. The van der Waals surface area contributed by atoms with Gasteiger partial charge in [-0.25, -0.2) is 0 Å². The van der Waals surface area contributed by atoms with E-state index in [-0.39, 0.29) is 30.4 Å². The molecule has 0 aliphatic carbocycles. The highest BCUT2D eigenvalue weighted by Crippen LogP contribution is 2.31. The molecule has 1 unspecified atom stereocenters. The third kappa shape index (κ3) is 7.25. The van der Waals surface area contributed by atoms with Crippen molar-refractivity contribution < 1.29 is 14.3 Å². The first-order valence-corrected chi connectivity index (χ1v) is 12.6. The van der Waals surface area contributed by atoms with Crippen molar-refractivity contribution in [1.82, 2.24) is 10.2 Å². The van der Waals surface area contributed by atoms with E-state index in [4.69, 9.17) is 27.9 Å². The molecule has 3 rings (SSSR count). The number of hydrogen-bond donors (Lipinski definition) is 1. The molecule has 2 amide bonds. The normalized spacial score (nSPS) is 12.1. The summed E-state index contributed by atoms with van der Waals surface area (Å²) < 4.78 is 6.03. The van der Waals surface area contributed by atoms with Crippen molar-refractivity contribution in [1.29, 1.82) is 0 Å². The summed E-state index contributed by atoms with van der Waals surface area (Å²) in [5.74, 6) is 0.0454. The molecule has 36 heavy (non-hydrogen) atoms. The molecule has 0 spiro atoms. The lowest BCUT2D eigenvalue weighted by molar-refractivity contribution is -0.142. The van der Waals surface area contributed by atoms with E-state index in [0.717, 1.165) is 11.1 Å². The maximum atomic E-state index is 13.7. The number of ether oxygens (including phenoxy) is 1. The van der Waals surface area contributed by atoms with Crippen LogP contribution in [0.3, 0.4) is 0 Å². The van der Waals surface area contributed by atoms with Gasteiger partial charge in [-0.15, -0.1) is 0 Å². The van der Waals surface area contributed by atoms with Crippen molar-refractivity contribution in [2.24, 2.45) is 0 Å². The Kier molecular flexibility index (Phi) is 9.41. The molecule has 0 fully saturated rings. The summed E-state index contributed by atoms with van der Waals surface area (Å²) >= 11 is 12.5. The Labute approximate surface area is 223 Å². The van der Waals surface area contributed by atoms with Crippen LogP contribution in [0.15, 0.2) is 72.8 Å². The largest absolute Gasteiger partial charge is 0.483 e. The van der Waals surface area contributed by atoms with Crippen LogP contribution >= 0.6 is 23.2 Å². The van der Waals surface area contributed by atoms with Crippen LogP contribution in [-0.2, 0) is 28.0 Å². The summed E-state index contributed by atoms with van der Waals surface area (Å²) in [6, 6.07) is 21.6. The van der Waals surface area contributed by atoms with E-state index in [1.165, 1.54) is 4.90 Å². The fourth-order valence-corrected chi connectivity index (χ4v) is 4.46. The average molecular weight is 527 g/mol. The Balaban J connectivity index is 1.93. The number of carbonyl (C=O) groups is 2. The average Bonchev–Trinajstić information content (AvgIpc) is 2.85. The number of rotatable bonds is 9. The van der Waals surface area contributed by atoms with Crippen molar-refractivity contribution in [3.8, 4) is 5.75 Å². The first kappa shape index (κ1) is 27.6. The number of carbonyl (C=O) groups excluding carboxylic acids is 2. The highest BCUT2D eigenvalue weighted by Gasteiger charge is 2.31. The van der Waals surface area contributed by atoms with Crippen molar-refractivity contribution in [3.63, 3.8) is 0 Å². The molecule has 1 atom stereocenters. The Morgan fingerprint density at radius 3 is 2.28 bits per heavy atom. The first-order valence-electron chi connectivity index (χ1n) is 11.8. The Morgan fingerprint density at radius 2 is 1.64 bits per heavy atom. The van der Waals surface area contributed by atoms with Crippen LogP contribution in [0.25, 0.3) is 0 Å². The number of amides is 2. The number of nitrogens with zero attached hydrogens (tertiary/aromatic N) is 1. The molecule has 0 saturated carbocycles. The number of likely N-dealkylation sites (N-methyl/N-ethyl adjacent to an activating group) is 1. The maximum Gasteiger partial charge on any atom is 0.261 e. The van der Waals surface area contributed by atoms with Crippen LogP contribution in [0.5, 0.6) is 5.75 Å². The molecule has 0 aliphatic heterocycles. The second-order valence-electron chi connectivity index (χ2n) is 9.61. The van der Waals surface area contributed by atoms with Gasteiger partial charge in [-0.3, -0.25) is 9.59 Å². The molecule has 0 bridgehead atoms. The van der Waals surface area contributed by atoms with Gasteiger partial charge in [0, 0.05) is 30.1 Å². The zero-order valence-electron chi connectivity index (χ0n) is 21.1. The highest BCUT2D eigenvalue weighted by molar-refractivity contribution is 6.35. The number of para-hydroxylation sites is 1. The smallest absolute Gasteiger partial charge is 0.261 e. The minimum atomic E-state index is -0.766. The Morgan fingerprint density at radius 1 is 0.972 bits per heavy atom. The van der Waals surface area contributed by atoms with Crippen molar-refractivity contribution in [2.75, 3.05) is 13.7 Å². The summed E-state index contributed by atoms with van der Waals surface area (Å²) in [5, 5.41) is 3.63. The van der Waals surface area contributed by atoms with Crippen LogP contribution < -0.4 is 10.1 Å². The van der Waals surface area contributed by atoms with Crippen molar-refractivity contribution >= 4 is 35.0 Å². The monoisotopic (exact) mass is 526 g/mol. The molecule has 1 N–H and O–H groups in total. The van der Waals surface area contributed by atoms with Crippen LogP contribution in [0.4, 0.5) is 0 Å². The number of benzene rings is 3. The molecular formula is C29H32Cl2N2O3. The van der Waals surface area contributed by atoms with E-state index < -0.39 is 6.04 Å². The van der Waals surface area contributed by atoms with Crippen molar-refractivity contribution in [3.05, 3.63) is 99.5 Å². The van der Waals surface area contributed by atoms with Crippen molar-refractivity contribution in [2.45, 2.75) is 45.2 Å². The van der Waals surface area contributed by atoms with Gasteiger partial charge in [-0.2, -0.15) is 0 Å². The SMILES string of the molecule is CNC(=O)C(Cc1ccccc1)N(Cc1ccc(Cl)cc1Cl)C(=O)COc1ccccc1C(C)(C)C. The van der Waals surface area contributed by atoms with Crippen LogP contribution in [0.2, 0.25) is 10.0 Å². The van der Waals surface area contributed by atoms with Gasteiger partial charge in [0.15, 0.2) is 6.61 Å². The second kappa shape index (κ2) is 12.3. The predicted octanol–water partition coefficient (Wildman–Crippen LogP) is 6.06. The van der Waals surface area contributed by atoms with Gasteiger partial charge in [-0.05, 0) is 40.3 Å². The van der Waals surface area contributed by atoms with Gasteiger partial charge < -0.3 is 15.0 Å². The maximum absolute atomic E-state index is 13.7. The molecular weight excluding hydrogens is 495 g/mol. The topological polar surface area (TPSA) is 58.6 Å². The summed E-state index contributed by atoms with van der Waals surface area (Å²) in [7, 11) is 1.56. The standard InChI is InChI=1S/C29H32Cl2N2O3/c1-29(2,3)23-12-8-9-13-26(23)36-19-27(34)33(18-21-14-15-22(30)17-24(21)31)25(28(35)32-4)16-20-10-6-5-7-11-20/h5-15,17,25H,16,18-19H2,1-4H3,(H,32,35). The fourth-order valence-electron chi connectivity index (χ4n) is 3.99. The predicted molar refractivity (Wildman–Crippen MR) is 146 cm³/mol. The molecule has 7 heteroatoms. The summed E-state index contributed by atoms with van der Waals surface area (Å²) in [5.41, 5.74) is 2.46. The van der Waals surface area contributed by atoms with Gasteiger partial charge in [-0.1, -0.05) is 98.6 Å². The Bertz CT molecular complexity index is 1190. The summed E-state index contributed by atoms with van der Waals surface area (Å²) in [4.78, 5) is 28.2.